The minimum atomic E-state index is -0.413. The molecule has 25 heavy (non-hydrogen) atoms. The molecule has 0 amide bonds. The smallest absolute Gasteiger partial charge is 0.323 e. The number of nitrogens with one attached hydrogen (secondary N) is 1. The maximum absolute atomic E-state index is 12.3. The Labute approximate surface area is 149 Å². The Morgan fingerprint density at radius 3 is 2.40 bits per heavy atom. The number of esters is 1. The number of rotatable bonds is 8. The monoisotopic (exact) mass is 345 g/mol. The first-order valence-electron chi connectivity index (χ1n) is 8.72. The van der Waals surface area contributed by atoms with Gasteiger partial charge in [0.1, 0.15) is 6.04 Å². The Kier molecular flexibility index (Phi) is 6.70. The summed E-state index contributed by atoms with van der Waals surface area (Å²) in [5.41, 5.74) is 0.867. The Balaban J connectivity index is 2.08. The van der Waals surface area contributed by atoms with Gasteiger partial charge in [-0.1, -0.05) is 32.0 Å². The zero-order chi connectivity index (χ0) is 18.4. The van der Waals surface area contributed by atoms with Gasteiger partial charge >= 0.3 is 5.97 Å². The molecular weight excluding hydrogens is 318 g/mol. The van der Waals surface area contributed by atoms with Crippen LogP contribution in [0.4, 0.5) is 0 Å². The Morgan fingerprint density at radius 1 is 1.12 bits per heavy atom. The van der Waals surface area contributed by atoms with Gasteiger partial charge in [0.05, 0.1) is 12.1 Å². The molecule has 2 aromatic rings. The lowest BCUT2D eigenvalue weighted by Crippen LogP contribution is -2.41. The van der Waals surface area contributed by atoms with Crippen LogP contribution in [0.5, 0.6) is 0 Å². The Bertz CT molecular complexity index is 668. The van der Waals surface area contributed by atoms with E-state index in [9.17, 15) is 4.79 Å². The van der Waals surface area contributed by atoms with Gasteiger partial charge in [0, 0.05) is 5.56 Å². The molecule has 136 valence electrons. The molecular formula is C19H27N3O3. The summed E-state index contributed by atoms with van der Waals surface area (Å²) in [5, 5.41) is 11.5. The number of aromatic nitrogens is 2. The van der Waals surface area contributed by atoms with Gasteiger partial charge in [0.15, 0.2) is 0 Å². The zero-order valence-corrected chi connectivity index (χ0v) is 15.5. The fourth-order valence-corrected chi connectivity index (χ4v) is 2.50. The van der Waals surface area contributed by atoms with Crippen molar-refractivity contribution < 1.29 is 13.9 Å². The lowest BCUT2D eigenvalue weighted by atomic mass is 10.0. The first-order valence-corrected chi connectivity index (χ1v) is 8.72. The standard InChI is InChI=1S/C19H27N3O3/c1-12(2)11-16(19(23)24-13(3)4)20-14(5)17-21-22-18(25-17)15-9-7-6-8-10-15/h6-10,12-14,16,20H,11H2,1-5H3/t14-,16+/m1/s1. The number of ether oxygens (including phenoxy) is 1. The third-order valence-corrected chi connectivity index (χ3v) is 3.63. The van der Waals surface area contributed by atoms with E-state index < -0.39 is 6.04 Å². The summed E-state index contributed by atoms with van der Waals surface area (Å²) in [6, 6.07) is 8.93. The molecule has 0 fully saturated rings. The summed E-state index contributed by atoms with van der Waals surface area (Å²) in [7, 11) is 0. The molecule has 0 unspecified atom stereocenters. The summed E-state index contributed by atoms with van der Waals surface area (Å²) in [6.07, 6.45) is 0.530. The molecule has 0 aliphatic rings. The third kappa shape index (κ3) is 5.67. The quantitative estimate of drug-likeness (QED) is 0.734. The lowest BCUT2D eigenvalue weighted by molar-refractivity contribution is -0.150. The van der Waals surface area contributed by atoms with Gasteiger partial charge in [0.2, 0.25) is 11.8 Å². The largest absolute Gasteiger partial charge is 0.462 e. The highest BCUT2D eigenvalue weighted by Gasteiger charge is 2.26. The lowest BCUT2D eigenvalue weighted by Gasteiger charge is -2.22. The van der Waals surface area contributed by atoms with Crippen molar-refractivity contribution in [3.05, 3.63) is 36.2 Å². The fraction of sp³-hybridized carbons (Fsp3) is 0.526. The van der Waals surface area contributed by atoms with Crippen molar-refractivity contribution >= 4 is 5.97 Å². The average Bonchev–Trinajstić information content (AvgIpc) is 3.04. The molecule has 0 saturated carbocycles. The van der Waals surface area contributed by atoms with Crippen LogP contribution in [-0.4, -0.2) is 28.3 Å². The van der Waals surface area contributed by atoms with Gasteiger partial charge < -0.3 is 9.15 Å². The molecule has 1 N–H and O–H groups in total. The number of benzene rings is 1. The first-order chi connectivity index (χ1) is 11.9. The van der Waals surface area contributed by atoms with Gasteiger partial charge in [-0.05, 0) is 45.2 Å². The van der Waals surface area contributed by atoms with E-state index in [0.717, 1.165) is 5.56 Å². The second-order valence-corrected chi connectivity index (χ2v) is 6.87. The number of carbonyl (C=O) groups is 1. The predicted octanol–water partition coefficient (Wildman–Crippen LogP) is 3.75. The summed E-state index contributed by atoms with van der Waals surface area (Å²) < 4.78 is 11.1. The molecule has 6 nitrogen and oxygen atoms in total. The summed E-state index contributed by atoms with van der Waals surface area (Å²) in [4.78, 5) is 12.3. The number of carbonyl (C=O) groups excluding carboxylic acids is 1. The highest BCUT2D eigenvalue weighted by atomic mass is 16.5. The van der Waals surface area contributed by atoms with E-state index in [2.05, 4.69) is 29.4 Å². The van der Waals surface area contributed by atoms with E-state index in [0.29, 0.717) is 24.1 Å². The molecule has 0 radical (unpaired) electrons. The van der Waals surface area contributed by atoms with Crippen molar-refractivity contribution in [3.8, 4) is 11.5 Å². The summed E-state index contributed by atoms with van der Waals surface area (Å²) in [6.45, 7) is 9.73. The average molecular weight is 345 g/mol. The topological polar surface area (TPSA) is 77.3 Å². The second-order valence-electron chi connectivity index (χ2n) is 6.87. The second kappa shape index (κ2) is 8.76. The minimum Gasteiger partial charge on any atom is -0.462 e. The highest BCUT2D eigenvalue weighted by molar-refractivity contribution is 5.76. The van der Waals surface area contributed by atoms with E-state index in [1.165, 1.54) is 0 Å². The van der Waals surface area contributed by atoms with Gasteiger partial charge in [-0.25, -0.2) is 0 Å². The van der Waals surface area contributed by atoms with Crippen LogP contribution in [0.1, 0.15) is 53.0 Å². The SMILES string of the molecule is CC(C)C[C@H](N[C@H](C)c1nnc(-c2ccccc2)o1)C(=O)OC(C)C. The van der Waals surface area contributed by atoms with E-state index in [1.54, 1.807) is 0 Å². The van der Waals surface area contributed by atoms with E-state index in [1.807, 2.05) is 51.1 Å². The maximum Gasteiger partial charge on any atom is 0.323 e. The van der Waals surface area contributed by atoms with Crippen LogP contribution in [0.15, 0.2) is 34.7 Å². The van der Waals surface area contributed by atoms with E-state index in [-0.39, 0.29) is 18.1 Å². The van der Waals surface area contributed by atoms with Gasteiger partial charge in [-0.3, -0.25) is 10.1 Å². The number of hydrogen-bond acceptors (Lipinski definition) is 6. The Morgan fingerprint density at radius 2 is 1.80 bits per heavy atom. The fourth-order valence-electron chi connectivity index (χ4n) is 2.50. The van der Waals surface area contributed by atoms with Crippen LogP contribution in [0.3, 0.4) is 0 Å². The first kappa shape index (κ1) is 19.1. The minimum absolute atomic E-state index is 0.146. The molecule has 1 aromatic heterocycles. The van der Waals surface area contributed by atoms with E-state index in [4.69, 9.17) is 9.15 Å². The van der Waals surface area contributed by atoms with Crippen molar-refractivity contribution in [2.24, 2.45) is 5.92 Å². The number of hydrogen-bond donors (Lipinski definition) is 1. The molecule has 0 saturated heterocycles. The maximum atomic E-state index is 12.3. The van der Waals surface area contributed by atoms with Crippen molar-refractivity contribution in [3.63, 3.8) is 0 Å². The zero-order valence-electron chi connectivity index (χ0n) is 15.5. The van der Waals surface area contributed by atoms with E-state index >= 15 is 0 Å². The van der Waals surface area contributed by atoms with Crippen LogP contribution >= 0.6 is 0 Å². The molecule has 0 aliphatic heterocycles. The van der Waals surface area contributed by atoms with Crippen molar-refractivity contribution in [1.29, 1.82) is 0 Å². The van der Waals surface area contributed by atoms with Crippen molar-refractivity contribution in [2.45, 2.75) is 59.2 Å². The van der Waals surface area contributed by atoms with Crippen LogP contribution in [0.2, 0.25) is 0 Å². The van der Waals surface area contributed by atoms with Crippen LogP contribution in [0, 0.1) is 5.92 Å². The number of nitrogens with zero attached hydrogens (tertiary/aromatic N) is 2. The van der Waals surface area contributed by atoms with Crippen LogP contribution < -0.4 is 5.32 Å². The third-order valence-electron chi connectivity index (χ3n) is 3.63. The molecule has 1 aromatic carbocycles. The van der Waals surface area contributed by atoms with Gasteiger partial charge in [0.25, 0.3) is 0 Å². The molecule has 0 bridgehead atoms. The Hall–Kier alpha value is -2.21. The summed E-state index contributed by atoms with van der Waals surface area (Å²) >= 11 is 0. The molecule has 2 atom stereocenters. The molecule has 0 spiro atoms. The van der Waals surface area contributed by atoms with Gasteiger partial charge in [-0.2, -0.15) is 0 Å². The normalized spacial score (nSPS) is 13.9. The molecule has 1 heterocycles. The van der Waals surface area contributed by atoms with Crippen molar-refractivity contribution in [1.82, 2.24) is 15.5 Å². The predicted molar refractivity (Wildman–Crippen MR) is 95.8 cm³/mol. The summed E-state index contributed by atoms with van der Waals surface area (Å²) in [5.74, 6) is 1.02. The molecule has 6 heteroatoms. The molecule has 2 rings (SSSR count). The highest BCUT2D eigenvalue weighted by Crippen LogP contribution is 2.21. The molecule has 0 aliphatic carbocycles. The van der Waals surface area contributed by atoms with Gasteiger partial charge in [-0.15, -0.1) is 10.2 Å². The van der Waals surface area contributed by atoms with Crippen LogP contribution in [0.25, 0.3) is 11.5 Å². The van der Waals surface area contributed by atoms with Crippen LogP contribution in [-0.2, 0) is 9.53 Å². The van der Waals surface area contributed by atoms with Crippen molar-refractivity contribution in [2.75, 3.05) is 0 Å².